The Labute approximate surface area is 102 Å². The Bertz CT molecular complexity index is 390. The van der Waals surface area contributed by atoms with Crippen LogP contribution in [0, 0.1) is 5.92 Å². The number of hydrogen-bond acceptors (Lipinski definition) is 2. The van der Waals surface area contributed by atoms with Gasteiger partial charge in [-0.25, -0.2) is 0 Å². The second kappa shape index (κ2) is 4.96. The van der Waals surface area contributed by atoms with Crippen LogP contribution < -0.4 is 5.32 Å². The highest BCUT2D eigenvalue weighted by molar-refractivity contribution is 8.08. The van der Waals surface area contributed by atoms with E-state index in [0.717, 1.165) is 11.8 Å². The molecule has 0 amide bonds. The largest absolute Gasteiger partial charge is 0.378 e. The van der Waals surface area contributed by atoms with Crippen LogP contribution in [0.2, 0.25) is 0 Å². The Hall–Kier alpha value is -0.890. The van der Waals surface area contributed by atoms with E-state index in [0.29, 0.717) is 0 Å². The van der Waals surface area contributed by atoms with Crippen LogP contribution >= 0.6 is 11.8 Å². The Morgan fingerprint density at radius 2 is 1.94 bits per heavy atom. The molecule has 1 aliphatic rings. The Kier molecular flexibility index (Phi) is 3.59. The van der Waals surface area contributed by atoms with Crippen LogP contribution in [0.4, 0.5) is 0 Å². The minimum atomic E-state index is 0.731. The molecule has 1 nitrogen and oxygen atoms in total. The summed E-state index contributed by atoms with van der Waals surface area (Å²) in [5.41, 5.74) is 4.09. The van der Waals surface area contributed by atoms with Crippen molar-refractivity contribution in [3.63, 3.8) is 0 Å². The molecule has 2 heteroatoms. The van der Waals surface area contributed by atoms with Crippen molar-refractivity contribution in [2.24, 2.45) is 5.92 Å². The number of nitrogens with one attached hydrogen (secondary N) is 1. The van der Waals surface area contributed by atoms with E-state index in [9.17, 15) is 0 Å². The molecule has 0 bridgehead atoms. The van der Waals surface area contributed by atoms with E-state index in [4.69, 9.17) is 0 Å². The van der Waals surface area contributed by atoms with E-state index in [1.165, 1.54) is 28.1 Å². The predicted molar refractivity (Wildman–Crippen MR) is 73.2 cm³/mol. The quantitative estimate of drug-likeness (QED) is 0.850. The number of hydrogen-bond donors (Lipinski definition) is 1. The van der Waals surface area contributed by atoms with Gasteiger partial charge >= 0.3 is 0 Å². The smallest absolute Gasteiger partial charge is 0.0655 e. The number of rotatable bonds is 3. The first-order valence-corrected chi connectivity index (χ1v) is 6.82. The summed E-state index contributed by atoms with van der Waals surface area (Å²) in [7, 11) is 0. The molecular formula is C14H19NS. The third kappa shape index (κ3) is 2.62. The summed E-state index contributed by atoms with van der Waals surface area (Å²) < 4.78 is 0. The molecule has 0 saturated carbocycles. The van der Waals surface area contributed by atoms with Crippen molar-refractivity contribution in [1.82, 2.24) is 5.32 Å². The topological polar surface area (TPSA) is 12.0 Å². The summed E-state index contributed by atoms with van der Waals surface area (Å²) in [5, 5.41) is 3.36. The average Bonchev–Trinajstić information content (AvgIpc) is 2.65. The van der Waals surface area contributed by atoms with Gasteiger partial charge in [0, 0.05) is 10.6 Å². The van der Waals surface area contributed by atoms with E-state index in [-0.39, 0.29) is 0 Å². The van der Waals surface area contributed by atoms with Crippen molar-refractivity contribution in [1.29, 1.82) is 0 Å². The molecule has 0 radical (unpaired) electrons. The van der Waals surface area contributed by atoms with Crippen molar-refractivity contribution >= 4 is 16.7 Å². The Morgan fingerprint density at radius 3 is 2.44 bits per heavy atom. The zero-order valence-electron chi connectivity index (χ0n) is 10.2. The van der Waals surface area contributed by atoms with Crippen molar-refractivity contribution in [3.05, 3.63) is 41.1 Å². The monoisotopic (exact) mass is 233 g/mol. The van der Waals surface area contributed by atoms with Gasteiger partial charge in [0.1, 0.15) is 0 Å². The van der Waals surface area contributed by atoms with Gasteiger partial charge < -0.3 is 5.32 Å². The summed E-state index contributed by atoms with van der Waals surface area (Å²) in [6.45, 7) is 6.67. The summed E-state index contributed by atoms with van der Waals surface area (Å²) >= 11 is 1.89. The normalized spacial score (nSPS) is 15.8. The molecular weight excluding hydrogens is 214 g/mol. The van der Waals surface area contributed by atoms with Crippen LogP contribution in [0.5, 0.6) is 0 Å². The van der Waals surface area contributed by atoms with Crippen LogP contribution in [0.1, 0.15) is 31.9 Å². The molecule has 0 spiro atoms. The van der Waals surface area contributed by atoms with E-state index in [1.807, 2.05) is 11.8 Å². The zero-order chi connectivity index (χ0) is 11.5. The Morgan fingerprint density at radius 1 is 1.25 bits per heavy atom. The molecule has 0 aliphatic carbocycles. The first kappa shape index (κ1) is 11.6. The standard InChI is InChI=1S/C14H19NS/c1-10(2)8-12-4-6-13(7-5-12)14-11(3)15-9-16-14/h4-7,10,15H,8-9H2,1-3H3. The van der Waals surface area contributed by atoms with E-state index in [2.05, 4.69) is 50.4 Å². The van der Waals surface area contributed by atoms with Crippen LogP contribution in [-0.2, 0) is 6.42 Å². The van der Waals surface area contributed by atoms with E-state index >= 15 is 0 Å². The second-order valence-electron chi connectivity index (χ2n) is 4.71. The van der Waals surface area contributed by atoms with Gasteiger partial charge in [-0.05, 0) is 30.4 Å². The first-order chi connectivity index (χ1) is 7.66. The number of allylic oxidation sites excluding steroid dienone is 1. The first-order valence-electron chi connectivity index (χ1n) is 5.83. The zero-order valence-corrected chi connectivity index (χ0v) is 11.0. The maximum absolute atomic E-state index is 3.36. The summed E-state index contributed by atoms with van der Waals surface area (Å²) in [5.74, 6) is 1.74. The maximum atomic E-state index is 3.36. The molecule has 1 N–H and O–H groups in total. The van der Waals surface area contributed by atoms with Gasteiger partial charge in [-0.15, -0.1) is 11.8 Å². The van der Waals surface area contributed by atoms with Gasteiger partial charge in [0.15, 0.2) is 0 Å². The molecule has 0 atom stereocenters. The molecule has 0 fully saturated rings. The fraction of sp³-hybridized carbons (Fsp3) is 0.429. The lowest BCUT2D eigenvalue weighted by Gasteiger charge is -2.07. The molecule has 1 aliphatic heterocycles. The van der Waals surface area contributed by atoms with Gasteiger partial charge in [-0.1, -0.05) is 38.1 Å². The maximum Gasteiger partial charge on any atom is 0.0655 e. The third-order valence-electron chi connectivity index (χ3n) is 2.75. The lowest BCUT2D eigenvalue weighted by Crippen LogP contribution is -2.02. The summed E-state index contributed by atoms with van der Waals surface area (Å²) in [6, 6.07) is 9.01. The molecule has 0 aromatic heterocycles. The van der Waals surface area contributed by atoms with Gasteiger partial charge in [0.05, 0.1) is 5.88 Å². The Balaban J connectivity index is 2.16. The molecule has 16 heavy (non-hydrogen) atoms. The molecule has 0 unspecified atom stereocenters. The molecule has 1 heterocycles. The average molecular weight is 233 g/mol. The van der Waals surface area contributed by atoms with Gasteiger partial charge in [-0.3, -0.25) is 0 Å². The lowest BCUT2D eigenvalue weighted by molar-refractivity contribution is 0.647. The van der Waals surface area contributed by atoms with Gasteiger partial charge in [-0.2, -0.15) is 0 Å². The fourth-order valence-corrected chi connectivity index (χ4v) is 2.99. The highest BCUT2D eigenvalue weighted by Crippen LogP contribution is 2.33. The molecule has 1 aromatic rings. The number of benzene rings is 1. The van der Waals surface area contributed by atoms with Crippen LogP contribution in [-0.4, -0.2) is 5.88 Å². The van der Waals surface area contributed by atoms with Gasteiger partial charge in [0.2, 0.25) is 0 Å². The predicted octanol–water partition coefficient (Wildman–Crippen LogP) is 3.87. The summed E-state index contributed by atoms with van der Waals surface area (Å²) in [4.78, 5) is 1.40. The fourth-order valence-electron chi connectivity index (χ4n) is 1.97. The minimum absolute atomic E-state index is 0.731. The lowest BCUT2D eigenvalue weighted by atomic mass is 10.0. The van der Waals surface area contributed by atoms with Crippen molar-refractivity contribution in [2.45, 2.75) is 27.2 Å². The van der Waals surface area contributed by atoms with E-state index in [1.54, 1.807) is 0 Å². The van der Waals surface area contributed by atoms with Crippen LogP contribution in [0.3, 0.4) is 0 Å². The number of thioether (sulfide) groups is 1. The van der Waals surface area contributed by atoms with Crippen LogP contribution in [0.15, 0.2) is 30.0 Å². The van der Waals surface area contributed by atoms with Crippen molar-refractivity contribution in [3.8, 4) is 0 Å². The second-order valence-corrected chi connectivity index (χ2v) is 5.70. The molecule has 0 saturated heterocycles. The SMILES string of the molecule is CC1=C(c2ccc(CC(C)C)cc2)SCN1. The molecule has 86 valence electrons. The highest BCUT2D eigenvalue weighted by atomic mass is 32.2. The molecule has 1 aromatic carbocycles. The molecule has 2 rings (SSSR count). The van der Waals surface area contributed by atoms with E-state index < -0.39 is 0 Å². The summed E-state index contributed by atoms with van der Waals surface area (Å²) in [6.07, 6.45) is 1.17. The highest BCUT2D eigenvalue weighted by Gasteiger charge is 2.12. The van der Waals surface area contributed by atoms with Gasteiger partial charge in [0.25, 0.3) is 0 Å². The van der Waals surface area contributed by atoms with Crippen LogP contribution in [0.25, 0.3) is 4.91 Å². The third-order valence-corrected chi connectivity index (χ3v) is 3.87. The minimum Gasteiger partial charge on any atom is -0.378 e. The van der Waals surface area contributed by atoms with Crippen molar-refractivity contribution < 1.29 is 0 Å². The van der Waals surface area contributed by atoms with Crippen molar-refractivity contribution in [2.75, 3.05) is 5.88 Å².